The first kappa shape index (κ1) is 37.0. The predicted molar refractivity (Wildman–Crippen MR) is 283 cm³/mol. The third kappa shape index (κ3) is 5.77. The monoisotopic (exact) mass is 854 g/mol. The largest absolute Gasteiger partial charge is 0.309 e. The molecule has 306 valence electrons. The lowest BCUT2D eigenvalue weighted by atomic mass is 9.91. The van der Waals surface area contributed by atoms with E-state index in [0.29, 0.717) is 0 Å². The van der Waals surface area contributed by atoms with E-state index in [1.54, 1.807) is 0 Å². The van der Waals surface area contributed by atoms with Gasteiger partial charge in [0.15, 0.2) is 0 Å². The summed E-state index contributed by atoms with van der Waals surface area (Å²) >= 11 is 1.87. The van der Waals surface area contributed by atoms with Crippen LogP contribution in [0.1, 0.15) is 0 Å². The Labute approximate surface area is 384 Å². The van der Waals surface area contributed by atoms with Crippen LogP contribution in [-0.4, -0.2) is 9.55 Å². The van der Waals surface area contributed by atoms with Gasteiger partial charge in [0, 0.05) is 42.1 Å². The molecule has 0 N–H and O–H groups in total. The number of aromatic nitrogens is 2. The summed E-state index contributed by atoms with van der Waals surface area (Å²) in [5.41, 5.74) is 12.3. The number of thiophene rings is 1. The van der Waals surface area contributed by atoms with Crippen molar-refractivity contribution in [1.29, 1.82) is 0 Å². The average Bonchev–Trinajstić information content (AvgIpc) is 3.93. The molecule has 66 heavy (non-hydrogen) atoms. The topological polar surface area (TPSA) is 17.8 Å². The lowest BCUT2D eigenvalue weighted by Gasteiger charge is -2.15. The van der Waals surface area contributed by atoms with Crippen molar-refractivity contribution in [3.8, 4) is 50.5 Å². The second kappa shape index (κ2) is 14.6. The summed E-state index contributed by atoms with van der Waals surface area (Å²) in [4.78, 5) is 5.29. The van der Waals surface area contributed by atoms with Gasteiger partial charge in [0.1, 0.15) is 0 Å². The molecule has 0 aliphatic rings. The molecule has 3 heteroatoms. The Morgan fingerprint density at radius 2 is 0.818 bits per heavy atom. The van der Waals surface area contributed by atoms with Gasteiger partial charge in [0.2, 0.25) is 0 Å². The van der Waals surface area contributed by atoms with E-state index in [-0.39, 0.29) is 0 Å². The SMILES string of the molecule is c1ccc(-c2cc(-n3c4ccc(-c5cccc6ccccc56)cc4c4cc5c6ccc(-c7ccc8sc9ccccc9c8c7)cc6c6ccccc6c5cc43)cc(-c3ccccc3)n2)cc1. The fraction of sp³-hybridized carbons (Fsp3) is 0. The van der Waals surface area contributed by atoms with Gasteiger partial charge < -0.3 is 4.57 Å². The number of nitrogens with zero attached hydrogens (tertiary/aromatic N) is 2. The van der Waals surface area contributed by atoms with Crippen LogP contribution in [0.2, 0.25) is 0 Å². The summed E-state index contributed by atoms with van der Waals surface area (Å²) in [6.45, 7) is 0. The molecule has 11 aromatic carbocycles. The maximum absolute atomic E-state index is 5.29. The molecular weight excluding hydrogens is 817 g/mol. The number of fused-ring (bicyclic) bond motifs is 13. The Kier molecular flexibility index (Phi) is 8.19. The molecule has 0 bridgehead atoms. The Morgan fingerprint density at radius 3 is 1.58 bits per heavy atom. The summed E-state index contributed by atoms with van der Waals surface area (Å²) in [5, 5.41) is 15.1. The zero-order chi connectivity index (χ0) is 43.3. The number of pyridine rings is 1. The smallest absolute Gasteiger partial charge is 0.0730 e. The van der Waals surface area contributed by atoms with Gasteiger partial charge in [0.05, 0.1) is 28.1 Å². The molecule has 0 fully saturated rings. The summed E-state index contributed by atoms with van der Waals surface area (Å²) in [6.07, 6.45) is 0. The number of hydrogen-bond donors (Lipinski definition) is 0. The van der Waals surface area contributed by atoms with Crippen molar-refractivity contribution >= 4 is 96.4 Å². The van der Waals surface area contributed by atoms with E-state index in [0.717, 1.165) is 39.2 Å². The zero-order valence-electron chi connectivity index (χ0n) is 35.7. The number of rotatable bonds is 5. The highest BCUT2D eigenvalue weighted by Gasteiger charge is 2.20. The summed E-state index contributed by atoms with van der Waals surface area (Å²) in [6, 6.07) is 84.8. The van der Waals surface area contributed by atoms with Crippen LogP contribution < -0.4 is 0 Å². The standard InChI is InChI=1S/C63H38N2S/c1-3-15-40(16-4-1)58-35-45(36-59(64-58)41-17-5-2-6-18-41)65-60-30-27-44(47-24-13-19-39-14-7-8-20-46(39)47)34-55(60)56-37-53-50-29-26-42(32-52(50)48-21-9-10-22-49(48)54(53)38-61(56)65)43-28-31-63-57(33-43)51-23-11-12-25-62(51)66-63/h1-38H. The summed E-state index contributed by atoms with van der Waals surface area (Å²) in [5.74, 6) is 0. The first-order valence-electron chi connectivity index (χ1n) is 22.6. The Morgan fingerprint density at radius 1 is 0.288 bits per heavy atom. The molecule has 0 atom stereocenters. The van der Waals surface area contributed by atoms with E-state index in [1.165, 1.54) is 96.3 Å². The quantitative estimate of drug-likeness (QED) is 0.158. The van der Waals surface area contributed by atoms with Gasteiger partial charge in [-0.2, -0.15) is 0 Å². The number of benzene rings is 11. The molecule has 0 unspecified atom stereocenters. The maximum Gasteiger partial charge on any atom is 0.0730 e. The molecule has 0 radical (unpaired) electrons. The van der Waals surface area contributed by atoms with Crippen LogP contribution in [0.3, 0.4) is 0 Å². The fourth-order valence-electron chi connectivity index (χ4n) is 10.6. The highest BCUT2D eigenvalue weighted by molar-refractivity contribution is 7.25. The Bertz CT molecular complexity index is 4210. The molecule has 0 spiro atoms. The van der Waals surface area contributed by atoms with Crippen LogP contribution in [0.5, 0.6) is 0 Å². The van der Waals surface area contributed by atoms with E-state index < -0.39 is 0 Å². The Hall–Kier alpha value is -8.37. The molecular formula is C63H38N2S. The van der Waals surface area contributed by atoms with Crippen molar-refractivity contribution in [3.63, 3.8) is 0 Å². The molecule has 0 saturated carbocycles. The number of hydrogen-bond acceptors (Lipinski definition) is 2. The molecule has 0 amide bonds. The minimum absolute atomic E-state index is 0.939. The normalized spacial score (nSPS) is 11.9. The minimum atomic E-state index is 0.939. The highest BCUT2D eigenvalue weighted by Crippen LogP contribution is 2.44. The van der Waals surface area contributed by atoms with Gasteiger partial charge in [-0.25, -0.2) is 4.98 Å². The van der Waals surface area contributed by atoms with Gasteiger partial charge in [0.25, 0.3) is 0 Å². The Balaban J connectivity index is 1.06. The first-order valence-corrected chi connectivity index (χ1v) is 23.4. The van der Waals surface area contributed by atoms with E-state index in [2.05, 4.69) is 235 Å². The molecule has 14 aromatic rings. The van der Waals surface area contributed by atoms with Crippen LogP contribution in [0, 0.1) is 0 Å². The molecule has 14 rings (SSSR count). The van der Waals surface area contributed by atoms with Gasteiger partial charge >= 0.3 is 0 Å². The van der Waals surface area contributed by atoms with Crippen LogP contribution in [0.15, 0.2) is 231 Å². The van der Waals surface area contributed by atoms with E-state index in [1.807, 2.05) is 11.3 Å². The van der Waals surface area contributed by atoms with E-state index in [4.69, 9.17) is 4.98 Å². The third-order valence-corrected chi connectivity index (χ3v) is 14.9. The third-order valence-electron chi connectivity index (χ3n) is 13.7. The van der Waals surface area contributed by atoms with Crippen molar-refractivity contribution in [2.24, 2.45) is 0 Å². The van der Waals surface area contributed by atoms with Crippen molar-refractivity contribution < 1.29 is 0 Å². The summed E-state index contributed by atoms with van der Waals surface area (Å²) in [7, 11) is 0. The van der Waals surface area contributed by atoms with E-state index >= 15 is 0 Å². The van der Waals surface area contributed by atoms with Gasteiger partial charge in [-0.05, 0) is 126 Å². The highest BCUT2D eigenvalue weighted by atomic mass is 32.1. The fourth-order valence-corrected chi connectivity index (χ4v) is 11.7. The van der Waals surface area contributed by atoms with Crippen LogP contribution >= 0.6 is 11.3 Å². The van der Waals surface area contributed by atoms with Crippen molar-refractivity contribution in [2.75, 3.05) is 0 Å². The van der Waals surface area contributed by atoms with Gasteiger partial charge in [-0.3, -0.25) is 0 Å². The zero-order valence-corrected chi connectivity index (χ0v) is 36.6. The van der Waals surface area contributed by atoms with Crippen molar-refractivity contribution in [2.45, 2.75) is 0 Å². The van der Waals surface area contributed by atoms with Crippen LogP contribution in [0.4, 0.5) is 0 Å². The molecule has 0 saturated heterocycles. The average molecular weight is 855 g/mol. The molecule has 3 heterocycles. The molecule has 3 aromatic heterocycles. The maximum atomic E-state index is 5.29. The minimum Gasteiger partial charge on any atom is -0.309 e. The van der Waals surface area contributed by atoms with Crippen LogP contribution in [0.25, 0.3) is 136 Å². The second-order valence-electron chi connectivity index (χ2n) is 17.5. The second-order valence-corrected chi connectivity index (χ2v) is 18.5. The van der Waals surface area contributed by atoms with Crippen LogP contribution in [-0.2, 0) is 0 Å². The van der Waals surface area contributed by atoms with Crippen molar-refractivity contribution in [3.05, 3.63) is 231 Å². The molecule has 0 aliphatic carbocycles. The first-order chi connectivity index (χ1) is 32.7. The lowest BCUT2D eigenvalue weighted by molar-refractivity contribution is 1.16. The van der Waals surface area contributed by atoms with Gasteiger partial charge in [-0.15, -0.1) is 11.3 Å². The van der Waals surface area contributed by atoms with E-state index in [9.17, 15) is 0 Å². The predicted octanol–water partition coefficient (Wildman–Crippen LogP) is 17.8. The molecule has 2 nitrogen and oxygen atoms in total. The van der Waals surface area contributed by atoms with Gasteiger partial charge in [-0.1, -0.05) is 170 Å². The lowest BCUT2D eigenvalue weighted by Crippen LogP contribution is -1.98. The van der Waals surface area contributed by atoms with Crippen molar-refractivity contribution in [1.82, 2.24) is 9.55 Å². The summed E-state index contributed by atoms with van der Waals surface area (Å²) < 4.78 is 5.13. The molecule has 0 aliphatic heterocycles.